The third kappa shape index (κ3) is 4.65. The Morgan fingerprint density at radius 3 is 2.33 bits per heavy atom. The molecule has 0 aromatic carbocycles. The van der Waals surface area contributed by atoms with Crippen molar-refractivity contribution in [2.45, 2.75) is 57.9 Å². The first-order valence-electron chi connectivity index (χ1n) is 6.20. The van der Waals surface area contributed by atoms with E-state index in [9.17, 15) is 4.79 Å². The van der Waals surface area contributed by atoms with E-state index in [1.807, 2.05) is 0 Å². The molecule has 0 aromatic heterocycles. The summed E-state index contributed by atoms with van der Waals surface area (Å²) >= 11 is 0. The molecule has 1 rings (SSSR count). The fraction of sp³-hybridized carbons (Fsp3) is 0.917. The molecule has 1 N–H and O–H groups in total. The fourth-order valence-electron chi connectivity index (χ4n) is 2.41. The topological polar surface area (TPSA) is 40.5 Å². The summed E-state index contributed by atoms with van der Waals surface area (Å²) in [5, 5.41) is 8.88. The van der Waals surface area contributed by atoms with Gasteiger partial charge in [-0.3, -0.25) is 9.69 Å². The molecular weight excluding hydrogens is 190 g/mol. The highest BCUT2D eigenvalue weighted by Crippen LogP contribution is 2.17. The highest BCUT2D eigenvalue weighted by molar-refractivity contribution is 5.67. The molecule has 0 spiro atoms. The second kappa shape index (κ2) is 6.83. The number of rotatable bonds is 5. The van der Waals surface area contributed by atoms with Gasteiger partial charge in [0, 0.05) is 6.04 Å². The van der Waals surface area contributed by atoms with Crippen LogP contribution < -0.4 is 0 Å². The van der Waals surface area contributed by atoms with Crippen molar-refractivity contribution in [3.8, 4) is 0 Å². The molecule has 1 aliphatic rings. The lowest BCUT2D eigenvalue weighted by molar-refractivity contribution is -0.138. The van der Waals surface area contributed by atoms with E-state index in [0.717, 1.165) is 25.9 Å². The van der Waals surface area contributed by atoms with Gasteiger partial charge < -0.3 is 5.11 Å². The first-order valence-corrected chi connectivity index (χ1v) is 6.20. The molecule has 1 unspecified atom stereocenters. The molecule has 3 nitrogen and oxygen atoms in total. The van der Waals surface area contributed by atoms with E-state index in [4.69, 9.17) is 5.11 Å². The summed E-state index contributed by atoms with van der Waals surface area (Å²) in [7, 11) is 0. The van der Waals surface area contributed by atoms with Crippen LogP contribution in [0.25, 0.3) is 0 Å². The van der Waals surface area contributed by atoms with Crippen LogP contribution in [-0.4, -0.2) is 35.1 Å². The lowest BCUT2D eigenvalue weighted by Gasteiger charge is -2.29. The summed E-state index contributed by atoms with van der Waals surface area (Å²) in [5.41, 5.74) is 0. The van der Waals surface area contributed by atoms with E-state index in [1.54, 1.807) is 0 Å². The van der Waals surface area contributed by atoms with E-state index in [0.29, 0.717) is 6.42 Å². The Balaban J connectivity index is 2.47. The van der Waals surface area contributed by atoms with Gasteiger partial charge in [0.1, 0.15) is 0 Å². The molecule has 1 saturated heterocycles. The highest BCUT2D eigenvalue weighted by Gasteiger charge is 2.21. The van der Waals surface area contributed by atoms with Crippen LogP contribution in [0.2, 0.25) is 0 Å². The molecule has 0 saturated carbocycles. The van der Waals surface area contributed by atoms with E-state index in [-0.39, 0.29) is 6.04 Å². The van der Waals surface area contributed by atoms with Gasteiger partial charge in [-0.15, -0.1) is 0 Å². The van der Waals surface area contributed by atoms with Crippen molar-refractivity contribution in [2.75, 3.05) is 13.1 Å². The SMILES string of the molecule is CCCC(CC(=O)O)N1CCCCCC1. The molecular formula is C12H23NO2. The molecule has 1 fully saturated rings. The second-order valence-electron chi connectivity index (χ2n) is 4.49. The summed E-state index contributed by atoms with van der Waals surface area (Å²) in [6, 6.07) is 0.269. The molecule has 0 aliphatic carbocycles. The van der Waals surface area contributed by atoms with Gasteiger partial charge >= 0.3 is 5.97 Å². The fourth-order valence-corrected chi connectivity index (χ4v) is 2.41. The van der Waals surface area contributed by atoms with Gasteiger partial charge in [-0.1, -0.05) is 26.2 Å². The number of carbonyl (C=O) groups is 1. The van der Waals surface area contributed by atoms with Crippen molar-refractivity contribution in [1.82, 2.24) is 4.90 Å². The Kier molecular flexibility index (Phi) is 5.69. The summed E-state index contributed by atoms with van der Waals surface area (Å²) in [5.74, 6) is -0.655. The summed E-state index contributed by atoms with van der Waals surface area (Å²) in [6.07, 6.45) is 7.50. The van der Waals surface area contributed by atoms with Crippen molar-refractivity contribution < 1.29 is 9.90 Å². The number of hydrogen-bond donors (Lipinski definition) is 1. The van der Waals surface area contributed by atoms with Gasteiger partial charge in [-0.2, -0.15) is 0 Å². The van der Waals surface area contributed by atoms with Crippen LogP contribution in [0.1, 0.15) is 51.9 Å². The zero-order chi connectivity index (χ0) is 11.1. The van der Waals surface area contributed by atoms with Crippen LogP contribution in [-0.2, 0) is 4.79 Å². The van der Waals surface area contributed by atoms with Crippen LogP contribution in [0.3, 0.4) is 0 Å². The molecule has 1 heterocycles. The Labute approximate surface area is 92.5 Å². The predicted molar refractivity (Wildman–Crippen MR) is 61.0 cm³/mol. The van der Waals surface area contributed by atoms with Gasteiger partial charge in [0.25, 0.3) is 0 Å². The van der Waals surface area contributed by atoms with Crippen LogP contribution in [0.4, 0.5) is 0 Å². The maximum absolute atomic E-state index is 10.8. The molecule has 0 radical (unpaired) electrons. The monoisotopic (exact) mass is 213 g/mol. The Hall–Kier alpha value is -0.570. The summed E-state index contributed by atoms with van der Waals surface area (Å²) in [4.78, 5) is 13.2. The molecule has 1 atom stereocenters. The zero-order valence-corrected chi connectivity index (χ0v) is 9.74. The Morgan fingerprint density at radius 1 is 1.27 bits per heavy atom. The minimum atomic E-state index is -0.655. The number of carboxylic acids is 1. The van der Waals surface area contributed by atoms with Gasteiger partial charge in [-0.05, 0) is 32.4 Å². The second-order valence-corrected chi connectivity index (χ2v) is 4.49. The van der Waals surface area contributed by atoms with Crippen molar-refractivity contribution in [2.24, 2.45) is 0 Å². The number of aliphatic carboxylic acids is 1. The largest absolute Gasteiger partial charge is 0.481 e. The Bertz CT molecular complexity index is 186. The average molecular weight is 213 g/mol. The smallest absolute Gasteiger partial charge is 0.304 e. The average Bonchev–Trinajstić information content (AvgIpc) is 2.44. The van der Waals surface area contributed by atoms with Crippen molar-refractivity contribution in [3.63, 3.8) is 0 Å². The minimum absolute atomic E-state index is 0.269. The van der Waals surface area contributed by atoms with Gasteiger partial charge in [-0.25, -0.2) is 0 Å². The first-order chi connectivity index (χ1) is 7.24. The standard InChI is InChI=1S/C12H23NO2/c1-2-7-11(10-12(14)15)13-8-5-3-4-6-9-13/h11H,2-10H2,1H3,(H,14,15). The Morgan fingerprint density at radius 2 is 1.87 bits per heavy atom. The minimum Gasteiger partial charge on any atom is -0.481 e. The van der Waals surface area contributed by atoms with E-state index >= 15 is 0 Å². The number of carboxylic acid groups (broad SMARTS) is 1. The lowest BCUT2D eigenvalue weighted by atomic mass is 10.1. The van der Waals surface area contributed by atoms with Gasteiger partial charge in [0.05, 0.1) is 6.42 Å². The number of hydrogen-bond acceptors (Lipinski definition) is 2. The number of nitrogens with zero attached hydrogens (tertiary/aromatic N) is 1. The lowest BCUT2D eigenvalue weighted by Crippen LogP contribution is -2.37. The van der Waals surface area contributed by atoms with E-state index < -0.39 is 5.97 Å². The first kappa shape index (κ1) is 12.5. The van der Waals surface area contributed by atoms with Crippen molar-refractivity contribution in [3.05, 3.63) is 0 Å². The summed E-state index contributed by atoms with van der Waals surface area (Å²) in [6.45, 7) is 4.32. The molecule has 88 valence electrons. The van der Waals surface area contributed by atoms with Crippen LogP contribution in [0.15, 0.2) is 0 Å². The van der Waals surface area contributed by atoms with Crippen LogP contribution in [0.5, 0.6) is 0 Å². The zero-order valence-electron chi connectivity index (χ0n) is 9.74. The molecule has 0 bridgehead atoms. The third-order valence-corrected chi connectivity index (χ3v) is 3.19. The molecule has 1 aliphatic heterocycles. The maximum atomic E-state index is 10.8. The normalized spacial score (nSPS) is 20.9. The molecule has 15 heavy (non-hydrogen) atoms. The predicted octanol–water partition coefficient (Wildman–Crippen LogP) is 2.51. The highest BCUT2D eigenvalue weighted by atomic mass is 16.4. The van der Waals surface area contributed by atoms with Gasteiger partial charge in [0.15, 0.2) is 0 Å². The van der Waals surface area contributed by atoms with Gasteiger partial charge in [0.2, 0.25) is 0 Å². The molecule has 0 amide bonds. The van der Waals surface area contributed by atoms with Crippen LogP contribution in [0, 0.1) is 0 Å². The molecule has 0 aromatic rings. The third-order valence-electron chi connectivity index (χ3n) is 3.19. The van der Waals surface area contributed by atoms with Crippen molar-refractivity contribution in [1.29, 1.82) is 0 Å². The number of likely N-dealkylation sites (tertiary alicyclic amines) is 1. The van der Waals surface area contributed by atoms with Crippen molar-refractivity contribution >= 4 is 5.97 Å². The van der Waals surface area contributed by atoms with E-state index in [1.165, 1.54) is 25.7 Å². The summed E-state index contributed by atoms with van der Waals surface area (Å²) < 4.78 is 0. The van der Waals surface area contributed by atoms with E-state index in [2.05, 4.69) is 11.8 Å². The quantitative estimate of drug-likeness (QED) is 0.763. The van der Waals surface area contributed by atoms with Crippen LogP contribution >= 0.6 is 0 Å². The maximum Gasteiger partial charge on any atom is 0.304 e. The molecule has 3 heteroatoms.